The first-order chi connectivity index (χ1) is 10.1. The van der Waals surface area contributed by atoms with Crippen molar-refractivity contribution >= 4 is 17.8 Å². The van der Waals surface area contributed by atoms with E-state index in [0.29, 0.717) is 12.0 Å². The van der Waals surface area contributed by atoms with Crippen LogP contribution in [0.25, 0.3) is 0 Å². The third-order valence-electron chi connectivity index (χ3n) is 4.66. The number of rotatable bonds is 2. The van der Waals surface area contributed by atoms with Crippen molar-refractivity contribution in [3.8, 4) is 0 Å². The van der Waals surface area contributed by atoms with Crippen LogP contribution in [0.5, 0.6) is 0 Å². The van der Waals surface area contributed by atoms with E-state index < -0.39 is 0 Å². The average Bonchev–Trinajstić information content (AvgIpc) is 2.47. The highest BCUT2D eigenvalue weighted by Crippen LogP contribution is 2.27. The monoisotopic (exact) mass is 290 g/mol. The highest BCUT2D eigenvalue weighted by molar-refractivity contribution is 5.44. The predicted octanol–water partition coefficient (Wildman–Crippen LogP) is 2.07. The molecule has 0 radical (unpaired) electrons. The van der Waals surface area contributed by atoms with E-state index in [0.717, 1.165) is 37.4 Å². The lowest BCUT2D eigenvalue weighted by molar-refractivity contribution is 0.373. The van der Waals surface area contributed by atoms with Gasteiger partial charge in [-0.1, -0.05) is 6.92 Å². The second-order valence-corrected chi connectivity index (χ2v) is 6.51. The third kappa shape index (κ3) is 3.19. The number of piperidine rings is 2. The summed E-state index contributed by atoms with van der Waals surface area (Å²) in [5.41, 5.74) is 5.93. The maximum absolute atomic E-state index is 5.93. The van der Waals surface area contributed by atoms with Gasteiger partial charge >= 0.3 is 0 Å². The number of anilines is 3. The van der Waals surface area contributed by atoms with Crippen LogP contribution in [0, 0.1) is 5.92 Å². The van der Waals surface area contributed by atoms with Crippen molar-refractivity contribution in [2.75, 3.05) is 35.2 Å². The van der Waals surface area contributed by atoms with Gasteiger partial charge in [0.15, 0.2) is 0 Å². The molecular formula is C15H26N6. The number of aromatic nitrogens is 3. The molecule has 0 spiro atoms. The van der Waals surface area contributed by atoms with Crippen LogP contribution in [0.3, 0.4) is 0 Å². The molecule has 0 amide bonds. The molecule has 6 heteroatoms. The smallest absolute Gasteiger partial charge is 0.232 e. The highest BCUT2D eigenvalue weighted by Gasteiger charge is 2.26. The van der Waals surface area contributed by atoms with E-state index in [1.807, 2.05) is 0 Å². The molecular weight excluding hydrogens is 264 g/mol. The molecule has 2 saturated heterocycles. The van der Waals surface area contributed by atoms with Gasteiger partial charge in [-0.25, -0.2) is 0 Å². The Morgan fingerprint density at radius 1 is 0.952 bits per heavy atom. The van der Waals surface area contributed by atoms with Crippen molar-refractivity contribution < 1.29 is 0 Å². The molecule has 2 fully saturated rings. The minimum atomic E-state index is 0.339. The zero-order chi connectivity index (χ0) is 14.8. The van der Waals surface area contributed by atoms with Gasteiger partial charge in [0.1, 0.15) is 0 Å². The fourth-order valence-electron chi connectivity index (χ4n) is 3.44. The lowest BCUT2D eigenvalue weighted by Crippen LogP contribution is -2.42. The van der Waals surface area contributed by atoms with Crippen molar-refractivity contribution in [3.63, 3.8) is 0 Å². The molecule has 2 atom stereocenters. The SMILES string of the molecule is CC1CCN(c2nc(N)nc(N3CCCCC3)n2)C(C)C1. The average molecular weight is 290 g/mol. The lowest BCUT2D eigenvalue weighted by Gasteiger charge is -2.37. The van der Waals surface area contributed by atoms with Crippen molar-refractivity contribution in [1.29, 1.82) is 0 Å². The summed E-state index contributed by atoms with van der Waals surface area (Å²) in [6.07, 6.45) is 6.09. The number of nitrogen functional groups attached to an aromatic ring is 1. The highest BCUT2D eigenvalue weighted by atomic mass is 15.4. The lowest BCUT2D eigenvalue weighted by atomic mass is 9.94. The van der Waals surface area contributed by atoms with Crippen molar-refractivity contribution in [1.82, 2.24) is 15.0 Å². The van der Waals surface area contributed by atoms with E-state index in [9.17, 15) is 0 Å². The van der Waals surface area contributed by atoms with Gasteiger partial charge in [0.25, 0.3) is 0 Å². The molecule has 21 heavy (non-hydrogen) atoms. The van der Waals surface area contributed by atoms with Gasteiger partial charge in [-0.3, -0.25) is 0 Å². The maximum Gasteiger partial charge on any atom is 0.232 e. The Hall–Kier alpha value is -1.59. The third-order valence-corrected chi connectivity index (χ3v) is 4.66. The molecule has 6 nitrogen and oxygen atoms in total. The molecule has 2 unspecified atom stereocenters. The molecule has 1 aromatic rings. The quantitative estimate of drug-likeness (QED) is 0.899. The summed E-state index contributed by atoms with van der Waals surface area (Å²) in [4.78, 5) is 18.0. The zero-order valence-corrected chi connectivity index (χ0v) is 13.1. The number of hydrogen-bond acceptors (Lipinski definition) is 6. The Kier molecular flexibility index (Phi) is 4.12. The van der Waals surface area contributed by atoms with Crippen LogP contribution in [0.15, 0.2) is 0 Å². The summed E-state index contributed by atoms with van der Waals surface area (Å²) < 4.78 is 0. The molecule has 2 aliphatic heterocycles. The molecule has 116 valence electrons. The molecule has 0 aliphatic carbocycles. The Morgan fingerprint density at radius 2 is 1.67 bits per heavy atom. The Bertz CT molecular complexity index is 485. The van der Waals surface area contributed by atoms with Gasteiger partial charge in [0, 0.05) is 25.7 Å². The van der Waals surface area contributed by atoms with E-state index in [-0.39, 0.29) is 0 Å². The Labute approximate surface area is 126 Å². The van der Waals surface area contributed by atoms with Gasteiger partial charge < -0.3 is 15.5 Å². The van der Waals surface area contributed by atoms with E-state index in [2.05, 4.69) is 33.6 Å². The van der Waals surface area contributed by atoms with Crippen LogP contribution in [0.4, 0.5) is 17.8 Å². The molecule has 1 aromatic heterocycles. The van der Waals surface area contributed by atoms with Crippen LogP contribution in [-0.2, 0) is 0 Å². The fraction of sp³-hybridized carbons (Fsp3) is 0.800. The zero-order valence-electron chi connectivity index (χ0n) is 13.1. The summed E-state index contributed by atoms with van der Waals surface area (Å²) in [7, 11) is 0. The summed E-state index contributed by atoms with van der Waals surface area (Å²) in [5.74, 6) is 2.62. The van der Waals surface area contributed by atoms with Gasteiger partial charge in [0.05, 0.1) is 0 Å². The predicted molar refractivity (Wildman–Crippen MR) is 85.5 cm³/mol. The Balaban J connectivity index is 1.83. The molecule has 0 bridgehead atoms. The second kappa shape index (κ2) is 6.03. The van der Waals surface area contributed by atoms with E-state index in [4.69, 9.17) is 10.7 Å². The van der Waals surface area contributed by atoms with E-state index in [1.165, 1.54) is 32.1 Å². The summed E-state index contributed by atoms with van der Waals surface area (Å²) >= 11 is 0. The van der Waals surface area contributed by atoms with Gasteiger partial charge in [-0.15, -0.1) is 0 Å². The summed E-state index contributed by atoms with van der Waals surface area (Å²) in [6, 6.07) is 0.463. The number of hydrogen-bond donors (Lipinski definition) is 1. The van der Waals surface area contributed by atoms with E-state index in [1.54, 1.807) is 0 Å². The van der Waals surface area contributed by atoms with Crippen molar-refractivity contribution in [3.05, 3.63) is 0 Å². The van der Waals surface area contributed by atoms with Crippen LogP contribution < -0.4 is 15.5 Å². The maximum atomic E-state index is 5.93. The second-order valence-electron chi connectivity index (χ2n) is 6.51. The molecule has 2 N–H and O–H groups in total. The first-order valence-electron chi connectivity index (χ1n) is 8.16. The summed E-state index contributed by atoms with van der Waals surface area (Å²) in [5, 5.41) is 0. The molecule has 2 aliphatic rings. The van der Waals surface area contributed by atoms with Crippen molar-refractivity contribution in [2.45, 2.75) is 52.0 Å². The molecule has 0 aromatic carbocycles. The van der Waals surface area contributed by atoms with Crippen LogP contribution >= 0.6 is 0 Å². The van der Waals surface area contributed by atoms with Crippen LogP contribution in [-0.4, -0.2) is 40.6 Å². The minimum Gasteiger partial charge on any atom is -0.368 e. The summed E-state index contributed by atoms with van der Waals surface area (Å²) in [6.45, 7) is 7.61. The molecule has 3 rings (SSSR count). The normalized spacial score (nSPS) is 27.0. The van der Waals surface area contributed by atoms with Crippen molar-refractivity contribution in [2.24, 2.45) is 5.92 Å². The van der Waals surface area contributed by atoms with Gasteiger partial charge in [-0.2, -0.15) is 15.0 Å². The minimum absolute atomic E-state index is 0.339. The topological polar surface area (TPSA) is 71.2 Å². The molecule has 3 heterocycles. The van der Waals surface area contributed by atoms with Gasteiger partial charge in [-0.05, 0) is 44.9 Å². The number of nitrogens with zero attached hydrogens (tertiary/aromatic N) is 5. The van der Waals surface area contributed by atoms with Gasteiger partial charge in [0.2, 0.25) is 17.8 Å². The fourth-order valence-corrected chi connectivity index (χ4v) is 3.44. The first-order valence-corrected chi connectivity index (χ1v) is 8.16. The van der Waals surface area contributed by atoms with Crippen LogP contribution in [0.2, 0.25) is 0 Å². The standard InChI is InChI=1S/C15H26N6/c1-11-6-9-21(12(2)10-11)15-18-13(16)17-14(19-15)20-7-4-3-5-8-20/h11-12H,3-10H2,1-2H3,(H2,16,17,18,19). The Morgan fingerprint density at radius 3 is 2.38 bits per heavy atom. The van der Waals surface area contributed by atoms with Crippen LogP contribution in [0.1, 0.15) is 46.0 Å². The molecule has 0 saturated carbocycles. The van der Waals surface area contributed by atoms with E-state index >= 15 is 0 Å². The first kappa shape index (κ1) is 14.4. The largest absolute Gasteiger partial charge is 0.368 e. The number of nitrogens with two attached hydrogens (primary N) is 1.